The van der Waals surface area contributed by atoms with Crippen LogP contribution in [-0.2, 0) is 4.79 Å². The van der Waals surface area contributed by atoms with Gasteiger partial charge in [-0.3, -0.25) is 9.59 Å². The van der Waals surface area contributed by atoms with Crippen LogP contribution in [0.1, 0.15) is 10.4 Å². The number of aldehydes is 1. The van der Waals surface area contributed by atoms with Crippen LogP contribution in [0.5, 0.6) is 5.88 Å². The Hall–Kier alpha value is -1.71. The van der Waals surface area contributed by atoms with E-state index in [1.165, 1.54) is 19.4 Å². The monoisotopic (exact) mass is 165 g/mol. The van der Waals surface area contributed by atoms with Crippen LogP contribution in [-0.4, -0.2) is 24.2 Å². The Morgan fingerprint density at radius 2 is 2.42 bits per heavy atom. The highest BCUT2D eigenvalue weighted by atomic mass is 16.5. The van der Waals surface area contributed by atoms with E-state index in [9.17, 15) is 9.59 Å². The third kappa shape index (κ3) is 1.47. The van der Waals surface area contributed by atoms with Gasteiger partial charge in [0, 0.05) is 6.20 Å². The molecule has 62 valence electrons. The van der Waals surface area contributed by atoms with Crippen molar-refractivity contribution in [2.24, 2.45) is 0 Å². The number of hydrogen-bond acceptors (Lipinski definition) is 4. The molecule has 12 heavy (non-hydrogen) atoms. The third-order valence-corrected chi connectivity index (χ3v) is 1.34. The number of carbonyl (C=O) groups excluding carboxylic acids is 2. The van der Waals surface area contributed by atoms with Crippen molar-refractivity contribution in [2.75, 3.05) is 7.11 Å². The highest BCUT2D eigenvalue weighted by Crippen LogP contribution is 2.12. The minimum Gasteiger partial charge on any atom is -0.480 e. The van der Waals surface area contributed by atoms with Crippen molar-refractivity contribution >= 4 is 12.1 Å². The van der Waals surface area contributed by atoms with Crippen LogP contribution in [0.25, 0.3) is 0 Å². The number of carbonyl (C=O) groups is 2. The molecule has 0 bridgehead atoms. The maximum absolute atomic E-state index is 10.9. The number of rotatable bonds is 3. The lowest BCUT2D eigenvalue weighted by Crippen LogP contribution is -2.03. The fraction of sp³-hybridized carbons (Fsp3) is 0.125. The molecule has 0 aromatic carbocycles. The standard InChI is InChI=1S/C8H7NO3/c1-12-8-6(7(11)5-10)3-2-4-9-8/h2-5H,1H3. The normalized spacial score (nSPS) is 9.08. The molecule has 0 aliphatic rings. The Balaban J connectivity index is 3.13. The van der Waals surface area contributed by atoms with E-state index in [0.717, 1.165) is 0 Å². The zero-order valence-corrected chi connectivity index (χ0v) is 6.48. The van der Waals surface area contributed by atoms with Crippen molar-refractivity contribution in [3.63, 3.8) is 0 Å². The second kappa shape index (κ2) is 3.61. The van der Waals surface area contributed by atoms with Crippen LogP contribution >= 0.6 is 0 Å². The number of aromatic nitrogens is 1. The minimum atomic E-state index is -0.625. The zero-order valence-electron chi connectivity index (χ0n) is 6.48. The molecule has 4 heteroatoms. The molecule has 1 heterocycles. The molecule has 1 aromatic rings. The molecule has 0 unspecified atom stereocenters. The van der Waals surface area contributed by atoms with E-state index < -0.39 is 5.78 Å². The van der Waals surface area contributed by atoms with Gasteiger partial charge in [0.15, 0.2) is 6.29 Å². The first-order valence-electron chi connectivity index (χ1n) is 3.28. The van der Waals surface area contributed by atoms with Gasteiger partial charge < -0.3 is 4.74 Å². The number of hydrogen-bond donors (Lipinski definition) is 0. The molecule has 0 atom stereocenters. The molecule has 1 rings (SSSR count). The molecule has 0 N–H and O–H groups in total. The van der Waals surface area contributed by atoms with E-state index in [4.69, 9.17) is 4.74 Å². The van der Waals surface area contributed by atoms with Gasteiger partial charge in [-0.25, -0.2) is 4.98 Å². The Bertz CT molecular complexity index is 309. The Morgan fingerprint density at radius 3 is 3.00 bits per heavy atom. The smallest absolute Gasteiger partial charge is 0.230 e. The number of pyridine rings is 1. The molecule has 0 aliphatic carbocycles. The molecule has 0 fully saturated rings. The van der Waals surface area contributed by atoms with Crippen molar-refractivity contribution < 1.29 is 14.3 Å². The maximum Gasteiger partial charge on any atom is 0.230 e. The quantitative estimate of drug-likeness (QED) is 0.371. The summed E-state index contributed by atoms with van der Waals surface area (Å²) in [5.74, 6) is -0.449. The molecule has 0 radical (unpaired) electrons. The predicted molar refractivity (Wildman–Crippen MR) is 41.2 cm³/mol. The molecule has 0 aliphatic heterocycles. The molecular formula is C8H7NO3. The van der Waals surface area contributed by atoms with Crippen molar-refractivity contribution in [2.45, 2.75) is 0 Å². The summed E-state index contributed by atoms with van der Waals surface area (Å²) in [5, 5.41) is 0. The van der Waals surface area contributed by atoms with Gasteiger partial charge >= 0.3 is 0 Å². The van der Waals surface area contributed by atoms with Crippen LogP contribution in [0, 0.1) is 0 Å². The van der Waals surface area contributed by atoms with Gasteiger partial charge in [-0.2, -0.15) is 0 Å². The van der Waals surface area contributed by atoms with Gasteiger partial charge in [0.2, 0.25) is 11.7 Å². The van der Waals surface area contributed by atoms with Gasteiger partial charge in [-0.1, -0.05) is 0 Å². The van der Waals surface area contributed by atoms with E-state index in [1.54, 1.807) is 6.07 Å². The van der Waals surface area contributed by atoms with Crippen molar-refractivity contribution in [1.29, 1.82) is 0 Å². The molecule has 0 amide bonds. The van der Waals surface area contributed by atoms with E-state index in [1.807, 2.05) is 0 Å². The summed E-state index contributed by atoms with van der Waals surface area (Å²) in [6.07, 6.45) is 1.72. The number of methoxy groups -OCH3 is 1. The average molecular weight is 165 g/mol. The van der Waals surface area contributed by atoms with Crippen LogP contribution in [0.3, 0.4) is 0 Å². The number of ketones is 1. The van der Waals surface area contributed by atoms with Gasteiger partial charge in [-0.05, 0) is 12.1 Å². The maximum atomic E-state index is 10.9. The van der Waals surface area contributed by atoms with Crippen LogP contribution in [0.4, 0.5) is 0 Å². The summed E-state index contributed by atoms with van der Waals surface area (Å²) < 4.78 is 4.78. The highest BCUT2D eigenvalue weighted by Gasteiger charge is 2.10. The Kier molecular flexibility index (Phi) is 2.53. The van der Waals surface area contributed by atoms with E-state index in [0.29, 0.717) is 0 Å². The second-order valence-electron chi connectivity index (χ2n) is 2.04. The lowest BCUT2D eigenvalue weighted by Gasteiger charge is -2.00. The molecule has 0 spiro atoms. The summed E-state index contributed by atoms with van der Waals surface area (Å²) in [6.45, 7) is 0. The summed E-state index contributed by atoms with van der Waals surface area (Å²) in [5.41, 5.74) is 0.190. The SMILES string of the molecule is COc1ncccc1C(=O)C=O. The highest BCUT2D eigenvalue weighted by molar-refractivity contribution is 6.33. The number of Topliss-reactive ketones (excluding diaryl/α,β-unsaturated/α-hetero) is 1. The lowest BCUT2D eigenvalue weighted by molar-refractivity contribution is -0.104. The minimum absolute atomic E-state index is 0.176. The van der Waals surface area contributed by atoms with Crippen LogP contribution in [0.2, 0.25) is 0 Å². The molecular weight excluding hydrogens is 158 g/mol. The van der Waals surface area contributed by atoms with Crippen LogP contribution in [0.15, 0.2) is 18.3 Å². The van der Waals surface area contributed by atoms with E-state index >= 15 is 0 Å². The lowest BCUT2D eigenvalue weighted by atomic mass is 10.2. The summed E-state index contributed by atoms with van der Waals surface area (Å²) >= 11 is 0. The Morgan fingerprint density at radius 1 is 1.67 bits per heavy atom. The first kappa shape index (κ1) is 8.39. The van der Waals surface area contributed by atoms with Gasteiger partial charge in [0.25, 0.3) is 0 Å². The number of nitrogens with zero attached hydrogens (tertiary/aromatic N) is 1. The zero-order chi connectivity index (χ0) is 8.97. The molecule has 1 aromatic heterocycles. The Labute approximate surface area is 69.2 Å². The largest absolute Gasteiger partial charge is 0.480 e. The first-order valence-corrected chi connectivity index (χ1v) is 3.28. The van der Waals surface area contributed by atoms with Crippen molar-refractivity contribution in [3.05, 3.63) is 23.9 Å². The van der Waals surface area contributed by atoms with Crippen molar-refractivity contribution in [3.8, 4) is 5.88 Å². The van der Waals surface area contributed by atoms with E-state index in [2.05, 4.69) is 4.98 Å². The predicted octanol–water partition coefficient (Wildman–Crippen LogP) is 0.472. The third-order valence-electron chi connectivity index (χ3n) is 1.34. The molecule has 0 saturated carbocycles. The second-order valence-corrected chi connectivity index (χ2v) is 2.04. The van der Waals surface area contributed by atoms with Gasteiger partial charge in [0.05, 0.1) is 12.7 Å². The fourth-order valence-electron chi connectivity index (χ4n) is 0.804. The topological polar surface area (TPSA) is 56.3 Å². The average Bonchev–Trinajstić information content (AvgIpc) is 2.16. The fourth-order valence-corrected chi connectivity index (χ4v) is 0.804. The van der Waals surface area contributed by atoms with E-state index in [-0.39, 0.29) is 17.7 Å². The summed E-state index contributed by atoms with van der Waals surface area (Å²) in [7, 11) is 1.39. The first-order chi connectivity index (χ1) is 5.79. The molecule has 4 nitrogen and oxygen atoms in total. The van der Waals surface area contributed by atoms with Gasteiger partial charge in [-0.15, -0.1) is 0 Å². The summed E-state index contributed by atoms with van der Waals surface area (Å²) in [4.78, 5) is 24.8. The summed E-state index contributed by atoms with van der Waals surface area (Å²) in [6, 6.07) is 3.06. The van der Waals surface area contributed by atoms with Crippen LogP contribution < -0.4 is 4.74 Å². The van der Waals surface area contributed by atoms with Crippen molar-refractivity contribution in [1.82, 2.24) is 4.98 Å². The number of ether oxygens (including phenoxy) is 1. The molecule has 0 saturated heterocycles. The van der Waals surface area contributed by atoms with Gasteiger partial charge in [0.1, 0.15) is 0 Å².